The molecule has 1 aromatic carbocycles. The maximum absolute atomic E-state index is 12.5. The van der Waals surface area contributed by atoms with E-state index in [9.17, 15) is 9.59 Å². The molecule has 0 spiro atoms. The fourth-order valence-electron chi connectivity index (χ4n) is 2.73. The SMILES string of the molecule is Cc1ccc(NC(=O)Nc2ncc(Cc3nc(C(=O)O)cn3C)s2)c(OCC(C)C)c1. The summed E-state index contributed by atoms with van der Waals surface area (Å²) in [6, 6.07) is 5.16. The van der Waals surface area contributed by atoms with Crippen molar-refractivity contribution < 1.29 is 19.4 Å². The summed E-state index contributed by atoms with van der Waals surface area (Å²) in [6.07, 6.45) is 3.51. The molecular formula is C21H25N5O4S. The number of aromatic nitrogens is 3. The molecule has 3 N–H and O–H groups in total. The molecule has 164 valence electrons. The van der Waals surface area contributed by atoms with Crippen LogP contribution in [-0.4, -0.2) is 38.2 Å². The summed E-state index contributed by atoms with van der Waals surface area (Å²) in [5.41, 5.74) is 1.61. The van der Waals surface area contributed by atoms with E-state index >= 15 is 0 Å². The highest BCUT2D eigenvalue weighted by atomic mass is 32.1. The lowest BCUT2D eigenvalue weighted by molar-refractivity contribution is 0.0690. The topological polar surface area (TPSA) is 118 Å². The maximum Gasteiger partial charge on any atom is 0.356 e. The van der Waals surface area contributed by atoms with Gasteiger partial charge in [0, 0.05) is 30.7 Å². The lowest BCUT2D eigenvalue weighted by Crippen LogP contribution is -2.20. The number of hydrogen-bond donors (Lipinski definition) is 3. The molecule has 0 atom stereocenters. The quantitative estimate of drug-likeness (QED) is 0.481. The average Bonchev–Trinajstić information content (AvgIpc) is 3.28. The predicted molar refractivity (Wildman–Crippen MR) is 119 cm³/mol. The molecule has 0 aliphatic carbocycles. The Balaban J connectivity index is 1.63. The molecule has 10 heteroatoms. The number of benzene rings is 1. The first-order chi connectivity index (χ1) is 14.7. The summed E-state index contributed by atoms with van der Waals surface area (Å²) in [4.78, 5) is 32.7. The molecule has 3 aromatic rings. The number of amides is 2. The Kier molecular flexibility index (Phi) is 6.91. The summed E-state index contributed by atoms with van der Waals surface area (Å²) >= 11 is 1.30. The van der Waals surface area contributed by atoms with E-state index in [1.165, 1.54) is 17.5 Å². The minimum atomic E-state index is -1.07. The number of hydrogen-bond acceptors (Lipinski definition) is 6. The normalized spacial score (nSPS) is 10.9. The van der Waals surface area contributed by atoms with Gasteiger partial charge in [0.1, 0.15) is 11.6 Å². The molecule has 9 nitrogen and oxygen atoms in total. The molecule has 3 rings (SSSR count). The summed E-state index contributed by atoms with van der Waals surface area (Å²) in [5.74, 6) is 0.510. The van der Waals surface area contributed by atoms with Gasteiger partial charge < -0.3 is 19.7 Å². The highest BCUT2D eigenvalue weighted by molar-refractivity contribution is 7.15. The van der Waals surface area contributed by atoms with Crippen molar-refractivity contribution >= 4 is 34.2 Å². The number of thiazole rings is 1. The van der Waals surface area contributed by atoms with Crippen LogP contribution in [0, 0.1) is 12.8 Å². The standard InChI is InChI=1S/C21H25N5O4S/c1-12(2)11-30-17-7-13(3)5-6-15(17)24-20(29)25-21-22-9-14(31-21)8-18-23-16(19(27)28)10-26(18)4/h5-7,9-10,12H,8,11H2,1-4H3,(H,27,28)(H2,22,24,25,29). The van der Waals surface area contributed by atoms with Crippen molar-refractivity contribution in [1.29, 1.82) is 0 Å². The Hall–Kier alpha value is -3.40. The Labute approximate surface area is 184 Å². The van der Waals surface area contributed by atoms with E-state index in [0.29, 0.717) is 41.3 Å². The zero-order chi connectivity index (χ0) is 22.5. The first-order valence-electron chi connectivity index (χ1n) is 9.73. The molecule has 0 unspecified atom stereocenters. The van der Waals surface area contributed by atoms with Gasteiger partial charge in [-0.15, -0.1) is 11.3 Å². The van der Waals surface area contributed by atoms with Gasteiger partial charge in [-0.2, -0.15) is 0 Å². The third-order valence-electron chi connectivity index (χ3n) is 4.26. The van der Waals surface area contributed by atoms with Crippen LogP contribution in [0.25, 0.3) is 0 Å². The Morgan fingerprint density at radius 2 is 2.06 bits per heavy atom. The van der Waals surface area contributed by atoms with Gasteiger partial charge in [-0.3, -0.25) is 5.32 Å². The van der Waals surface area contributed by atoms with E-state index in [1.807, 2.05) is 19.1 Å². The van der Waals surface area contributed by atoms with E-state index < -0.39 is 12.0 Å². The molecule has 0 aliphatic rings. The van der Waals surface area contributed by atoms with Gasteiger partial charge in [-0.1, -0.05) is 19.9 Å². The number of urea groups is 1. The van der Waals surface area contributed by atoms with Crippen LogP contribution in [0.2, 0.25) is 0 Å². The van der Waals surface area contributed by atoms with Gasteiger partial charge in [0.2, 0.25) is 0 Å². The highest BCUT2D eigenvalue weighted by Gasteiger charge is 2.14. The van der Waals surface area contributed by atoms with Gasteiger partial charge in [0.05, 0.1) is 12.3 Å². The van der Waals surface area contributed by atoms with Crippen LogP contribution in [0.3, 0.4) is 0 Å². The number of carboxylic acids is 1. The van der Waals surface area contributed by atoms with Crippen LogP contribution >= 0.6 is 11.3 Å². The Morgan fingerprint density at radius 3 is 2.74 bits per heavy atom. The second kappa shape index (κ2) is 9.61. The monoisotopic (exact) mass is 443 g/mol. The third-order valence-corrected chi connectivity index (χ3v) is 5.17. The van der Waals surface area contributed by atoms with Crippen molar-refractivity contribution in [2.75, 3.05) is 17.2 Å². The molecule has 0 aliphatic heterocycles. The molecule has 0 saturated carbocycles. The third kappa shape index (κ3) is 6.05. The number of ether oxygens (including phenoxy) is 1. The maximum atomic E-state index is 12.5. The first kappa shape index (κ1) is 22.3. The number of anilines is 2. The van der Waals surface area contributed by atoms with Crippen molar-refractivity contribution in [3.8, 4) is 5.75 Å². The van der Waals surface area contributed by atoms with E-state index in [-0.39, 0.29) is 5.69 Å². The van der Waals surface area contributed by atoms with E-state index in [4.69, 9.17) is 9.84 Å². The number of imidazole rings is 1. The molecule has 2 heterocycles. The fraction of sp³-hybridized carbons (Fsp3) is 0.333. The van der Waals surface area contributed by atoms with Crippen LogP contribution in [-0.2, 0) is 13.5 Å². The van der Waals surface area contributed by atoms with Crippen LogP contribution in [0.4, 0.5) is 15.6 Å². The minimum Gasteiger partial charge on any atom is -0.491 e. The number of carbonyl (C=O) groups excluding carboxylic acids is 1. The van der Waals surface area contributed by atoms with Gasteiger partial charge in [0.25, 0.3) is 0 Å². The zero-order valence-corrected chi connectivity index (χ0v) is 18.6. The van der Waals surface area contributed by atoms with Crippen LogP contribution in [0.5, 0.6) is 5.75 Å². The molecule has 0 radical (unpaired) electrons. The van der Waals surface area contributed by atoms with Crippen molar-refractivity contribution in [2.45, 2.75) is 27.2 Å². The molecule has 31 heavy (non-hydrogen) atoms. The van der Waals surface area contributed by atoms with Crippen LogP contribution in [0.1, 0.15) is 40.6 Å². The molecular weight excluding hydrogens is 418 g/mol. The van der Waals surface area contributed by atoms with Gasteiger partial charge >= 0.3 is 12.0 Å². The highest BCUT2D eigenvalue weighted by Crippen LogP contribution is 2.27. The second-order valence-electron chi connectivity index (χ2n) is 7.55. The minimum absolute atomic E-state index is 0.00618. The van der Waals surface area contributed by atoms with Crippen molar-refractivity contribution in [2.24, 2.45) is 13.0 Å². The van der Waals surface area contributed by atoms with Crippen LogP contribution < -0.4 is 15.4 Å². The fourth-order valence-corrected chi connectivity index (χ4v) is 3.54. The van der Waals surface area contributed by atoms with Gasteiger partial charge in [-0.25, -0.2) is 19.6 Å². The largest absolute Gasteiger partial charge is 0.491 e. The molecule has 0 bridgehead atoms. The number of nitrogens with zero attached hydrogens (tertiary/aromatic N) is 3. The molecule has 0 saturated heterocycles. The molecule has 2 amide bonds. The summed E-state index contributed by atoms with van der Waals surface area (Å²) in [7, 11) is 1.74. The predicted octanol–water partition coefficient (Wildman–Crippen LogP) is 4.15. The lowest BCUT2D eigenvalue weighted by Gasteiger charge is -2.14. The number of carbonyl (C=O) groups is 2. The molecule has 0 fully saturated rings. The van der Waals surface area contributed by atoms with Gasteiger partial charge in [0.15, 0.2) is 10.8 Å². The summed E-state index contributed by atoms with van der Waals surface area (Å²) in [6.45, 7) is 6.63. The summed E-state index contributed by atoms with van der Waals surface area (Å²) < 4.78 is 7.49. The number of aryl methyl sites for hydroxylation is 2. The number of carboxylic acid groups (broad SMARTS) is 1. The smallest absolute Gasteiger partial charge is 0.356 e. The average molecular weight is 444 g/mol. The lowest BCUT2D eigenvalue weighted by atomic mass is 10.2. The number of rotatable bonds is 8. The number of nitrogens with one attached hydrogen (secondary N) is 2. The Morgan fingerprint density at radius 1 is 1.29 bits per heavy atom. The van der Waals surface area contributed by atoms with E-state index in [0.717, 1.165) is 10.4 Å². The molecule has 2 aromatic heterocycles. The van der Waals surface area contributed by atoms with Crippen molar-refractivity contribution in [3.05, 3.63) is 52.6 Å². The van der Waals surface area contributed by atoms with Crippen molar-refractivity contribution in [3.63, 3.8) is 0 Å². The van der Waals surface area contributed by atoms with Gasteiger partial charge in [-0.05, 0) is 30.5 Å². The Bertz CT molecular complexity index is 1090. The number of aromatic carboxylic acids is 1. The first-order valence-corrected chi connectivity index (χ1v) is 10.5. The second-order valence-corrected chi connectivity index (χ2v) is 8.67. The van der Waals surface area contributed by atoms with Crippen LogP contribution in [0.15, 0.2) is 30.6 Å². The zero-order valence-electron chi connectivity index (χ0n) is 17.8. The van der Waals surface area contributed by atoms with Crippen molar-refractivity contribution in [1.82, 2.24) is 14.5 Å². The summed E-state index contributed by atoms with van der Waals surface area (Å²) in [5, 5.41) is 15.0. The van der Waals surface area contributed by atoms with E-state index in [1.54, 1.807) is 23.9 Å². The van der Waals surface area contributed by atoms with E-state index in [2.05, 4.69) is 34.4 Å².